The number of rotatable bonds is 4. The van der Waals surface area contributed by atoms with E-state index in [1.54, 1.807) is 13.1 Å². The first-order chi connectivity index (χ1) is 13.1. The maximum absolute atomic E-state index is 13.6. The highest BCUT2D eigenvalue weighted by molar-refractivity contribution is 5.63. The van der Waals surface area contributed by atoms with Gasteiger partial charge in [-0.3, -0.25) is 0 Å². The Morgan fingerprint density at radius 2 is 1.79 bits per heavy atom. The van der Waals surface area contributed by atoms with Gasteiger partial charge in [0.15, 0.2) is 5.82 Å². The molecule has 0 saturated heterocycles. The molecule has 152 valence electrons. The Morgan fingerprint density at radius 1 is 1.11 bits per heavy atom. The van der Waals surface area contributed by atoms with Gasteiger partial charge >= 0.3 is 12.2 Å². The molecule has 0 amide bonds. The second kappa shape index (κ2) is 7.60. The Hall–Kier alpha value is -2.31. The van der Waals surface area contributed by atoms with Gasteiger partial charge in [-0.15, -0.1) is 0 Å². The molecule has 0 bridgehead atoms. The minimum absolute atomic E-state index is 0.00581. The highest BCUT2D eigenvalue weighted by Gasteiger charge is 2.37. The van der Waals surface area contributed by atoms with Crippen molar-refractivity contribution in [2.45, 2.75) is 64.1 Å². The predicted octanol–water partition coefficient (Wildman–Crippen LogP) is 5.88. The third kappa shape index (κ3) is 4.56. The number of benzene rings is 1. The third-order valence-electron chi connectivity index (χ3n) is 5.04. The number of anilines is 2. The number of ether oxygens (including phenoxy) is 1. The number of halogens is 3. The van der Waals surface area contributed by atoms with E-state index in [4.69, 9.17) is 4.74 Å². The molecule has 1 fully saturated rings. The Morgan fingerprint density at radius 3 is 2.39 bits per heavy atom. The van der Waals surface area contributed by atoms with Crippen LogP contribution < -0.4 is 9.64 Å². The molecule has 0 N–H and O–H groups in total. The van der Waals surface area contributed by atoms with Crippen LogP contribution >= 0.6 is 0 Å². The number of hydrogen-bond donors (Lipinski definition) is 0. The molecule has 7 heteroatoms. The molecule has 28 heavy (non-hydrogen) atoms. The lowest BCUT2D eigenvalue weighted by Crippen LogP contribution is -2.21. The standard InChI is InChI=1S/C21H26F3N3O/c1-20(2,3)14-8-7-9-15(12-14)27(4)18-17(21(22,23)24)13-25-19(26-18)28-16-10-5-6-11-16/h7-9,12-13,16H,5-6,10-11H2,1-4H3. The molecule has 0 radical (unpaired) electrons. The lowest BCUT2D eigenvalue weighted by molar-refractivity contribution is -0.137. The summed E-state index contributed by atoms with van der Waals surface area (Å²) in [4.78, 5) is 9.41. The van der Waals surface area contributed by atoms with E-state index in [-0.39, 0.29) is 23.3 Å². The van der Waals surface area contributed by atoms with Gasteiger partial charge in [0.25, 0.3) is 0 Å². The second-order valence-corrected chi connectivity index (χ2v) is 8.27. The maximum Gasteiger partial charge on any atom is 0.421 e. The van der Waals surface area contributed by atoms with Gasteiger partial charge in [-0.05, 0) is 48.8 Å². The van der Waals surface area contributed by atoms with Crippen LogP contribution in [0.2, 0.25) is 0 Å². The molecular formula is C21H26F3N3O. The normalized spacial score (nSPS) is 15.7. The summed E-state index contributed by atoms with van der Waals surface area (Å²) in [5, 5.41) is 0. The van der Waals surface area contributed by atoms with Gasteiger partial charge < -0.3 is 9.64 Å². The minimum Gasteiger partial charge on any atom is -0.460 e. The van der Waals surface area contributed by atoms with Gasteiger partial charge in [0, 0.05) is 18.9 Å². The van der Waals surface area contributed by atoms with Crippen molar-refractivity contribution in [3.63, 3.8) is 0 Å². The molecule has 4 nitrogen and oxygen atoms in total. The second-order valence-electron chi connectivity index (χ2n) is 8.27. The molecule has 0 unspecified atom stereocenters. The number of alkyl halides is 3. The van der Waals surface area contributed by atoms with Crippen LogP contribution in [-0.4, -0.2) is 23.1 Å². The van der Waals surface area contributed by atoms with Crippen molar-refractivity contribution in [3.8, 4) is 6.01 Å². The monoisotopic (exact) mass is 393 g/mol. The largest absolute Gasteiger partial charge is 0.460 e. The van der Waals surface area contributed by atoms with Crippen molar-refractivity contribution in [3.05, 3.63) is 41.6 Å². The first-order valence-electron chi connectivity index (χ1n) is 9.51. The quantitative estimate of drug-likeness (QED) is 0.650. The number of hydrogen-bond acceptors (Lipinski definition) is 4. The number of nitrogens with zero attached hydrogens (tertiary/aromatic N) is 3. The minimum atomic E-state index is -4.56. The molecule has 1 aliphatic rings. The summed E-state index contributed by atoms with van der Waals surface area (Å²) in [6, 6.07) is 7.47. The first-order valence-corrected chi connectivity index (χ1v) is 9.51. The molecule has 1 heterocycles. The topological polar surface area (TPSA) is 38.2 Å². The fourth-order valence-electron chi connectivity index (χ4n) is 3.33. The van der Waals surface area contributed by atoms with E-state index in [0.717, 1.165) is 37.4 Å². The van der Waals surface area contributed by atoms with Crippen molar-refractivity contribution in [2.75, 3.05) is 11.9 Å². The Kier molecular flexibility index (Phi) is 5.55. The summed E-state index contributed by atoms with van der Waals surface area (Å²) < 4.78 is 46.5. The summed E-state index contributed by atoms with van der Waals surface area (Å²) in [6.45, 7) is 6.18. The van der Waals surface area contributed by atoms with Crippen molar-refractivity contribution >= 4 is 11.5 Å². The third-order valence-corrected chi connectivity index (χ3v) is 5.04. The molecule has 2 aromatic rings. The van der Waals surface area contributed by atoms with E-state index < -0.39 is 11.7 Å². The zero-order valence-corrected chi connectivity index (χ0v) is 16.7. The molecule has 0 atom stereocenters. The van der Waals surface area contributed by atoms with E-state index in [9.17, 15) is 13.2 Å². The van der Waals surface area contributed by atoms with E-state index in [1.807, 2.05) is 18.2 Å². The molecule has 1 saturated carbocycles. The summed E-state index contributed by atoms with van der Waals surface area (Å²) >= 11 is 0. The fraction of sp³-hybridized carbons (Fsp3) is 0.524. The lowest BCUT2D eigenvalue weighted by atomic mass is 9.87. The SMILES string of the molecule is CN(c1cccc(C(C)(C)C)c1)c1nc(OC2CCCC2)ncc1C(F)(F)F. The molecule has 3 rings (SSSR count). The van der Waals surface area contributed by atoms with Crippen molar-refractivity contribution in [1.29, 1.82) is 0 Å². The van der Waals surface area contributed by atoms with E-state index >= 15 is 0 Å². The average molecular weight is 393 g/mol. The Bertz CT molecular complexity index is 824. The molecule has 1 aromatic carbocycles. The Balaban J connectivity index is 1.99. The van der Waals surface area contributed by atoms with Crippen LogP contribution in [0.25, 0.3) is 0 Å². The van der Waals surface area contributed by atoms with Gasteiger partial charge in [0.2, 0.25) is 0 Å². The van der Waals surface area contributed by atoms with Crippen LogP contribution in [0.1, 0.15) is 57.6 Å². The predicted molar refractivity (Wildman–Crippen MR) is 103 cm³/mol. The molecule has 1 aromatic heterocycles. The van der Waals surface area contributed by atoms with Crippen LogP contribution in [0.15, 0.2) is 30.5 Å². The highest BCUT2D eigenvalue weighted by Crippen LogP contribution is 2.38. The summed E-state index contributed by atoms with van der Waals surface area (Å²) in [5.41, 5.74) is 0.659. The van der Waals surface area contributed by atoms with Crippen molar-refractivity contribution in [1.82, 2.24) is 9.97 Å². The highest BCUT2D eigenvalue weighted by atomic mass is 19.4. The van der Waals surface area contributed by atoms with Crippen molar-refractivity contribution < 1.29 is 17.9 Å². The van der Waals surface area contributed by atoms with Gasteiger partial charge in [-0.1, -0.05) is 32.9 Å². The Labute approximate surface area is 163 Å². The molecule has 1 aliphatic carbocycles. The van der Waals surface area contributed by atoms with Crippen LogP contribution in [0, 0.1) is 0 Å². The van der Waals surface area contributed by atoms with E-state index in [0.29, 0.717) is 5.69 Å². The molecule has 0 spiro atoms. The summed E-state index contributed by atoms with van der Waals surface area (Å²) in [6.07, 6.45) is 0.0920. The summed E-state index contributed by atoms with van der Waals surface area (Å²) in [5.74, 6) is -0.207. The van der Waals surface area contributed by atoms with Gasteiger partial charge in [0.1, 0.15) is 11.7 Å². The van der Waals surface area contributed by atoms with Crippen LogP contribution in [0.5, 0.6) is 6.01 Å². The zero-order valence-electron chi connectivity index (χ0n) is 16.7. The molecule has 0 aliphatic heterocycles. The van der Waals surface area contributed by atoms with Crippen LogP contribution in [0.4, 0.5) is 24.7 Å². The van der Waals surface area contributed by atoms with Gasteiger partial charge in [-0.2, -0.15) is 18.2 Å². The lowest BCUT2D eigenvalue weighted by Gasteiger charge is -2.25. The van der Waals surface area contributed by atoms with Gasteiger partial charge in [-0.25, -0.2) is 4.98 Å². The smallest absolute Gasteiger partial charge is 0.421 e. The van der Waals surface area contributed by atoms with Crippen LogP contribution in [-0.2, 0) is 11.6 Å². The summed E-state index contributed by atoms with van der Waals surface area (Å²) in [7, 11) is 1.58. The van der Waals surface area contributed by atoms with Crippen molar-refractivity contribution in [2.24, 2.45) is 0 Å². The zero-order chi connectivity index (χ0) is 20.5. The van der Waals surface area contributed by atoms with Crippen LogP contribution in [0.3, 0.4) is 0 Å². The van der Waals surface area contributed by atoms with E-state index in [1.165, 1.54) is 4.90 Å². The maximum atomic E-state index is 13.6. The van der Waals surface area contributed by atoms with E-state index in [2.05, 4.69) is 30.7 Å². The van der Waals surface area contributed by atoms with Gasteiger partial charge in [0.05, 0.1) is 0 Å². The first kappa shape index (κ1) is 20.4. The average Bonchev–Trinajstić information content (AvgIpc) is 3.12. The number of aromatic nitrogens is 2. The fourth-order valence-corrected chi connectivity index (χ4v) is 3.33. The molecular weight excluding hydrogens is 367 g/mol.